The molecule has 0 aromatic heterocycles. The molecule has 0 aliphatic rings. The largest absolute Gasteiger partial charge is 0.490 e. The minimum Gasteiger partial charge on any atom is -0.490 e. The first-order chi connectivity index (χ1) is 14.9. The first kappa shape index (κ1) is 22.4. The van der Waals surface area contributed by atoms with Gasteiger partial charge in [0.25, 0.3) is 5.91 Å². The highest BCUT2D eigenvalue weighted by atomic mass is 35.5. The molecule has 1 amide bonds. The van der Waals surface area contributed by atoms with Gasteiger partial charge in [-0.3, -0.25) is 4.79 Å². The number of anilines is 2. The Balaban J connectivity index is 1.61. The Morgan fingerprint density at radius 3 is 2.52 bits per heavy atom. The summed E-state index contributed by atoms with van der Waals surface area (Å²) in [6.07, 6.45) is 0. The van der Waals surface area contributed by atoms with Gasteiger partial charge in [-0.15, -0.1) is 0 Å². The van der Waals surface area contributed by atoms with Gasteiger partial charge in [0.05, 0.1) is 6.61 Å². The van der Waals surface area contributed by atoms with Crippen LogP contribution in [0.15, 0.2) is 60.7 Å². The SMILES string of the molecule is CCOc1cc(CNc2ccc(F)cc2)ccc1OCC(=O)Nc1cc(Cl)ccc1C. The van der Waals surface area contributed by atoms with Crippen LogP contribution in [-0.2, 0) is 11.3 Å². The number of ether oxygens (including phenoxy) is 2. The van der Waals surface area contributed by atoms with Crippen LogP contribution in [0, 0.1) is 12.7 Å². The molecule has 0 bridgehead atoms. The molecular weight excluding hydrogens is 419 g/mol. The van der Waals surface area contributed by atoms with Crippen molar-refractivity contribution >= 4 is 28.9 Å². The number of carbonyl (C=O) groups excluding carboxylic acids is 1. The third-order valence-corrected chi connectivity index (χ3v) is 4.72. The minimum atomic E-state index is -0.296. The van der Waals surface area contributed by atoms with Crippen LogP contribution in [0.5, 0.6) is 11.5 Å². The average Bonchev–Trinajstić information content (AvgIpc) is 2.75. The summed E-state index contributed by atoms with van der Waals surface area (Å²) in [5.74, 6) is 0.452. The number of hydrogen-bond donors (Lipinski definition) is 2. The molecule has 0 spiro atoms. The predicted octanol–water partition coefficient (Wildman–Crippen LogP) is 5.82. The van der Waals surface area contributed by atoms with Crippen LogP contribution >= 0.6 is 11.6 Å². The quantitative estimate of drug-likeness (QED) is 0.438. The van der Waals surface area contributed by atoms with Gasteiger partial charge >= 0.3 is 0 Å². The van der Waals surface area contributed by atoms with Crippen LogP contribution in [0.4, 0.5) is 15.8 Å². The van der Waals surface area contributed by atoms with Crippen molar-refractivity contribution in [1.29, 1.82) is 0 Å². The first-order valence-corrected chi connectivity index (χ1v) is 10.3. The van der Waals surface area contributed by atoms with Gasteiger partial charge < -0.3 is 20.1 Å². The molecular formula is C24H24ClFN2O3. The van der Waals surface area contributed by atoms with E-state index >= 15 is 0 Å². The van der Waals surface area contributed by atoms with E-state index in [0.717, 1.165) is 16.8 Å². The molecule has 7 heteroatoms. The van der Waals surface area contributed by atoms with Crippen molar-refractivity contribution in [1.82, 2.24) is 0 Å². The maximum absolute atomic E-state index is 13.0. The van der Waals surface area contributed by atoms with Crippen molar-refractivity contribution in [3.05, 3.63) is 82.6 Å². The fourth-order valence-electron chi connectivity index (χ4n) is 2.88. The van der Waals surface area contributed by atoms with Gasteiger partial charge in [-0.25, -0.2) is 4.39 Å². The van der Waals surface area contributed by atoms with Crippen molar-refractivity contribution < 1.29 is 18.7 Å². The van der Waals surface area contributed by atoms with Gasteiger partial charge in [0.15, 0.2) is 18.1 Å². The number of carbonyl (C=O) groups is 1. The minimum absolute atomic E-state index is 0.167. The fraction of sp³-hybridized carbons (Fsp3) is 0.208. The van der Waals surface area contributed by atoms with Gasteiger partial charge in [-0.1, -0.05) is 23.7 Å². The Bertz CT molecular complexity index is 1040. The van der Waals surface area contributed by atoms with Crippen molar-refractivity contribution in [2.24, 2.45) is 0 Å². The molecule has 3 aromatic rings. The van der Waals surface area contributed by atoms with Crippen LogP contribution < -0.4 is 20.1 Å². The summed E-state index contributed by atoms with van der Waals surface area (Å²) < 4.78 is 24.4. The van der Waals surface area contributed by atoms with E-state index in [2.05, 4.69) is 10.6 Å². The zero-order valence-corrected chi connectivity index (χ0v) is 18.1. The first-order valence-electron chi connectivity index (χ1n) is 9.88. The van der Waals surface area contributed by atoms with Crippen LogP contribution in [-0.4, -0.2) is 19.1 Å². The Kier molecular flexibility index (Phi) is 7.73. The highest BCUT2D eigenvalue weighted by molar-refractivity contribution is 6.31. The van der Waals surface area contributed by atoms with E-state index in [1.807, 2.05) is 32.0 Å². The van der Waals surface area contributed by atoms with Gasteiger partial charge in [0.2, 0.25) is 0 Å². The molecule has 3 rings (SSSR count). The van der Waals surface area contributed by atoms with Crippen molar-refractivity contribution in [3.8, 4) is 11.5 Å². The molecule has 5 nitrogen and oxygen atoms in total. The standard InChI is InChI=1S/C24H24ClFN2O3/c1-3-30-23-12-17(14-27-20-9-7-19(26)8-10-20)5-11-22(23)31-15-24(29)28-21-13-18(25)6-4-16(21)2/h4-13,27H,3,14-15H2,1-2H3,(H,28,29). The maximum Gasteiger partial charge on any atom is 0.262 e. The molecule has 0 aliphatic heterocycles. The lowest BCUT2D eigenvalue weighted by molar-refractivity contribution is -0.118. The molecule has 0 fully saturated rings. The molecule has 0 heterocycles. The van der Waals surface area contributed by atoms with E-state index in [1.165, 1.54) is 12.1 Å². The number of rotatable bonds is 9. The summed E-state index contributed by atoms with van der Waals surface area (Å²) in [6.45, 7) is 4.58. The summed E-state index contributed by atoms with van der Waals surface area (Å²) in [6, 6.07) is 17.0. The van der Waals surface area contributed by atoms with Crippen LogP contribution in [0.2, 0.25) is 5.02 Å². The molecule has 3 aromatic carbocycles. The third-order valence-electron chi connectivity index (χ3n) is 4.48. The fourth-order valence-corrected chi connectivity index (χ4v) is 3.05. The Morgan fingerprint density at radius 1 is 1.00 bits per heavy atom. The Morgan fingerprint density at radius 2 is 1.77 bits per heavy atom. The Hall–Kier alpha value is -3.25. The van der Waals surface area contributed by atoms with E-state index in [1.54, 1.807) is 30.3 Å². The lowest BCUT2D eigenvalue weighted by Crippen LogP contribution is -2.21. The predicted molar refractivity (Wildman–Crippen MR) is 122 cm³/mol. The molecule has 0 radical (unpaired) electrons. The summed E-state index contributed by atoms with van der Waals surface area (Å²) in [4.78, 5) is 12.3. The van der Waals surface area contributed by atoms with Crippen LogP contribution in [0.1, 0.15) is 18.1 Å². The highest BCUT2D eigenvalue weighted by Gasteiger charge is 2.11. The lowest BCUT2D eigenvalue weighted by atomic mass is 10.2. The van der Waals surface area contributed by atoms with Gasteiger partial charge in [0.1, 0.15) is 5.82 Å². The number of amides is 1. The number of nitrogens with one attached hydrogen (secondary N) is 2. The lowest BCUT2D eigenvalue weighted by Gasteiger charge is -2.14. The molecule has 0 unspecified atom stereocenters. The van der Waals surface area contributed by atoms with E-state index in [4.69, 9.17) is 21.1 Å². The molecule has 31 heavy (non-hydrogen) atoms. The number of aryl methyl sites for hydroxylation is 1. The summed E-state index contributed by atoms with van der Waals surface area (Å²) in [5, 5.41) is 6.57. The monoisotopic (exact) mass is 442 g/mol. The van der Waals surface area contributed by atoms with Crippen molar-refractivity contribution in [2.45, 2.75) is 20.4 Å². The number of halogens is 2. The second-order valence-electron chi connectivity index (χ2n) is 6.87. The van der Waals surface area contributed by atoms with E-state index in [9.17, 15) is 9.18 Å². The number of benzene rings is 3. The second-order valence-corrected chi connectivity index (χ2v) is 7.31. The third kappa shape index (κ3) is 6.62. The smallest absolute Gasteiger partial charge is 0.262 e. The van der Waals surface area contributed by atoms with Crippen molar-refractivity contribution in [3.63, 3.8) is 0 Å². The molecule has 2 N–H and O–H groups in total. The van der Waals surface area contributed by atoms with E-state index < -0.39 is 0 Å². The zero-order valence-electron chi connectivity index (χ0n) is 17.4. The molecule has 162 valence electrons. The van der Waals surface area contributed by atoms with Gasteiger partial charge in [-0.05, 0) is 73.5 Å². The molecule has 0 aliphatic carbocycles. The molecule has 0 saturated carbocycles. The van der Waals surface area contributed by atoms with Gasteiger partial charge in [-0.2, -0.15) is 0 Å². The normalized spacial score (nSPS) is 10.5. The van der Waals surface area contributed by atoms with Crippen LogP contribution in [0.25, 0.3) is 0 Å². The molecule has 0 saturated heterocycles. The topological polar surface area (TPSA) is 59.6 Å². The Labute approximate surface area is 186 Å². The van der Waals surface area contributed by atoms with E-state index in [0.29, 0.717) is 35.4 Å². The summed E-state index contributed by atoms with van der Waals surface area (Å²) in [7, 11) is 0. The van der Waals surface area contributed by atoms with Crippen molar-refractivity contribution in [2.75, 3.05) is 23.8 Å². The zero-order chi connectivity index (χ0) is 22.2. The highest BCUT2D eigenvalue weighted by Crippen LogP contribution is 2.29. The summed E-state index contributed by atoms with van der Waals surface area (Å²) >= 11 is 5.99. The molecule has 0 atom stereocenters. The second kappa shape index (κ2) is 10.7. The summed E-state index contributed by atoms with van der Waals surface area (Å²) in [5.41, 5.74) is 3.32. The van der Waals surface area contributed by atoms with E-state index in [-0.39, 0.29) is 18.3 Å². The number of hydrogen-bond acceptors (Lipinski definition) is 4. The van der Waals surface area contributed by atoms with Crippen LogP contribution in [0.3, 0.4) is 0 Å². The average molecular weight is 443 g/mol. The maximum atomic E-state index is 13.0. The van der Waals surface area contributed by atoms with Gasteiger partial charge in [0, 0.05) is 22.9 Å².